The zero-order valence-corrected chi connectivity index (χ0v) is 9.26. The molecule has 5 nitrogen and oxygen atoms in total. The molecule has 0 bridgehead atoms. The average molecular weight is 228 g/mol. The lowest BCUT2D eigenvalue weighted by molar-refractivity contribution is -0.117. The molecular formula is C9H12N2O3S. The topological polar surface area (TPSA) is 81.4 Å². The maximum Gasteiger partial charge on any atom is 0.350 e. The lowest BCUT2D eigenvalue weighted by atomic mass is 10.3. The molecule has 0 unspecified atom stereocenters. The van der Waals surface area contributed by atoms with Gasteiger partial charge in [-0.25, -0.2) is 4.79 Å². The number of nitrogens with two attached hydrogens (primary N) is 1. The fourth-order valence-electron chi connectivity index (χ4n) is 0.905. The summed E-state index contributed by atoms with van der Waals surface area (Å²) < 4.78 is 4.57. The summed E-state index contributed by atoms with van der Waals surface area (Å²) >= 11 is 1.21. The number of nitrogens with one attached hydrogen (secondary N) is 1. The molecule has 0 aliphatic heterocycles. The highest BCUT2D eigenvalue weighted by Crippen LogP contribution is 2.22. The number of hydrogen-bond acceptors (Lipinski definition) is 5. The monoisotopic (exact) mass is 228 g/mol. The summed E-state index contributed by atoms with van der Waals surface area (Å²) in [6, 6.07) is 1.02. The number of esters is 1. The number of ether oxygens (including phenoxy) is 1. The molecule has 3 N–H and O–H groups in total. The Balaban J connectivity index is 2.82. The Bertz CT molecular complexity index is 373. The minimum atomic E-state index is -0.615. The van der Waals surface area contributed by atoms with Crippen LogP contribution in [0.25, 0.3) is 0 Å². The van der Waals surface area contributed by atoms with E-state index in [1.807, 2.05) is 0 Å². The van der Waals surface area contributed by atoms with Crippen LogP contribution in [-0.2, 0) is 9.53 Å². The van der Waals surface area contributed by atoms with Gasteiger partial charge in [-0.1, -0.05) is 0 Å². The molecule has 15 heavy (non-hydrogen) atoms. The highest BCUT2D eigenvalue weighted by Gasteiger charge is 2.16. The van der Waals surface area contributed by atoms with Crippen LogP contribution in [0.15, 0.2) is 11.4 Å². The van der Waals surface area contributed by atoms with Crippen molar-refractivity contribution in [3.05, 3.63) is 16.3 Å². The first-order valence-corrected chi connectivity index (χ1v) is 5.16. The molecule has 0 saturated heterocycles. The number of carbonyl (C=O) groups is 2. The Labute approximate surface area is 91.2 Å². The van der Waals surface area contributed by atoms with Gasteiger partial charge in [-0.05, 0) is 18.4 Å². The van der Waals surface area contributed by atoms with Crippen LogP contribution in [0.4, 0.5) is 5.69 Å². The molecular weight excluding hydrogens is 216 g/mol. The minimum Gasteiger partial charge on any atom is -0.465 e. The SMILES string of the molecule is COC(=O)c1sccc1NC(=O)[C@@H](C)N. The van der Waals surface area contributed by atoms with Gasteiger partial charge in [0.2, 0.25) is 5.91 Å². The van der Waals surface area contributed by atoms with E-state index in [4.69, 9.17) is 5.73 Å². The lowest BCUT2D eigenvalue weighted by Crippen LogP contribution is -2.32. The van der Waals surface area contributed by atoms with E-state index in [0.717, 1.165) is 0 Å². The number of carbonyl (C=O) groups excluding carboxylic acids is 2. The van der Waals surface area contributed by atoms with Crippen molar-refractivity contribution >= 4 is 28.9 Å². The van der Waals surface area contributed by atoms with Crippen molar-refractivity contribution in [1.29, 1.82) is 0 Å². The molecule has 0 saturated carbocycles. The Kier molecular flexibility index (Phi) is 3.81. The van der Waals surface area contributed by atoms with Gasteiger partial charge < -0.3 is 15.8 Å². The summed E-state index contributed by atoms with van der Waals surface area (Å²) in [7, 11) is 1.29. The van der Waals surface area contributed by atoms with Crippen molar-refractivity contribution in [3.63, 3.8) is 0 Å². The summed E-state index contributed by atoms with van der Waals surface area (Å²) in [5.41, 5.74) is 5.83. The molecule has 1 heterocycles. The van der Waals surface area contributed by atoms with Crippen LogP contribution in [0.3, 0.4) is 0 Å². The van der Waals surface area contributed by atoms with Crippen LogP contribution in [0.5, 0.6) is 0 Å². The smallest absolute Gasteiger partial charge is 0.350 e. The number of hydrogen-bond donors (Lipinski definition) is 2. The van der Waals surface area contributed by atoms with Crippen molar-refractivity contribution in [1.82, 2.24) is 0 Å². The maximum atomic E-state index is 11.3. The number of anilines is 1. The van der Waals surface area contributed by atoms with Crippen LogP contribution in [0.1, 0.15) is 16.6 Å². The summed E-state index contributed by atoms with van der Waals surface area (Å²) in [4.78, 5) is 22.9. The molecule has 1 aromatic rings. The van der Waals surface area contributed by atoms with E-state index in [0.29, 0.717) is 10.6 Å². The largest absolute Gasteiger partial charge is 0.465 e. The van der Waals surface area contributed by atoms with Gasteiger partial charge in [-0.2, -0.15) is 0 Å². The highest BCUT2D eigenvalue weighted by atomic mass is 32.1. The maximum absolute atomic E-state index is 11.3. The number of rotatable bonds is 3. The molecule has 1 atom stereocenters. The second-order valence-corrected chi connectivity index (χ2v) is 3.85. The summed E-state index contributed by atoms with van der Waals surface area (Å²) in [6.07, 6.45) is 0. The van der Waals surface area contributed by atoms with Crippen molar-refractivity contribution < 1.29 is 14.3 Å². The first-order valence-electron chi connectivity index (χ1n) is 4.28. The Morgan fingerprint density at radius 1 is 1.60 bits per heavy atom. The number of thiophene rings is 1. The Hall–Kier alpha value is -1.40. The second-order valence-electron chi connectivity index (χ2n) is 2.93. The second kappa shape index (κ2) is 4.90. The third kappa shape index (κ3) is 2.77. The molecule has 0 aliphatic rings. The zero-order chi connectivity index (χ0) is 11.4. The third-order valence-electron chi connectivity index (χ3n) is 1.71. The van der Waals surface area contributed by atoms with E-state index in [-0.39, 0.29) is 5.91 Å². The molecule has 82 valence electrons. The molecule has 0 aromatic carbocycles. The fourth-order valence-corrected chi connectivity index (χ4v) is 1.67. The average Bonchev–Trinajstić information content (AvgIpc) is 2.64. The van der Waals surface area contributed by atoms with E-state index in [9.17, 15) is 9.59 Å². The summed E-state index contributed by atoms with van der Waals surface area (Å²) in [6.45, 7) is 1.57. The molecule has 1 amide bonds. The molecule has 0 radical (unpaired) electrons. The Morgan fingerprint density at radius 3 is 2.80 bits per heavy atom. The lowest BCUT2D eigenvalue weighted by Gasteiger charge is -2.07. The van der Waals surface area contributed by atoms with Crippen LogP contribution >= 0.6 is 11.3 Å². The van der Waals surface area contributed by atoms with E-state index in [1.165, 1.54) is 18.4 Å². The third-order valence-corrected chi connectivity index (χ3v) is 2.60. The van der Waals surface area contributed by atoms with Gasteiger partial charge in [0.1, 0.15) is 4.88 Å². The minimum absolute atomic E-state index is 0.335. The fraction of sp³-hybridized carbons (Fsp3) is 0.333. The summed E-state index contributed by atoms with van der Waals surface area (Å²) in [5, 5.41) is 4.25. The molecule has 6 heteroatoms. The van der Waals surface area contributed by atoms with Gasteiger partial charge in [-0.3, -0.25) is 4.79 Å². The van der Waals surface area contributed by atoms with Gasteiger partial charge in [-0.15, -0.1) is 11.3 Å². The van der Waals surface area contributed by atoms with E-state index < -0.39 is 12.0 Å². The van der Waals surface area contributed by atoms with Gasteiger partial charge in [0.05, 0.1) is 18.8 Å². The molecule has 1 rings (SSSR count). The molecule has 1 aromatic heterocycles. The van der Waals surface area contributed by atoms with Crippen LogP contribution < -0.4 is 11.1 Å². The van der Waals surface area contributed by atoms with Crippen LogP contribution in [0.2, 0.25) is 0 Å². The zero-order valence-electron chi connectivity index (χ0n) is 8.44. The first-order chi connectivity index (χ1) is 7.06. The van der Waals surface area contributed by atoms with E-state index >= 15 is 0 Å². The van der Waals surface area contributed by atoms with Crippen LogP contribution in [0, 0.1) is 0 Å². The van der Waals surface area contributed by atoms with Gasteiger partial charge in [0.15, 0.2) is 0 Å². The standard InChI is InChI=1S/C9H12N2O3S/c1-5(10)8(12)11-6-3-4-15-7(6)9(13)14-2/h3-5H,10H2,1-2H3,(H,11,12)/t5-/m1/s1. The van der Waals surface area contributed by atoms with Gasteiger partial charge in [0, 0.05) is 0 Å². The van der Waals surface area contributed by atoms with Crippen molar-refractivity contribution in [2.45, 2.75) is 13.0 Å². The highest BCUT2D eigenvalue weighted by molar-refractivity contribution is 7.12. The molecule has 0 spiro atoms. The molecule has 0 fully saturated rings. The van der Waals surface area contributed by atoms with Crippen molar-refractivity contribution in [2.75, 3.05) is 12.4 Å². The predicted octanol–water partition coefficient (Wildman–Crippen LogP) is 0.820. The summed E-state index contributed by atoms with van der Waals surface area (Å²) in [5.74, 6) is -0.802. The van der Waals surface area contributed by atoms with Crippen molar-refractivity contribution in [2.24, 2.45) is 5.73 Å². The van der Waals surface area contributed by atoms with Crippen LogP contribution in [-0.4, -0.2) is 25.0 Å². The number of methoxy groups -OCH3 is 1. The van der Waals surface area contributed by atoms with Gasteiger partial charge in [0.25, 0.3) is 0 Å². The Morgan fingerprint density at radius 2 is 2.27 bits per heavy atom. The number of amides is 1. The van der Waals surface area contributed by atoms with Gasteiger partial charge >= 0.3 is 5.97 Å². The van der Waals surface area contributed by atoms with E-state index in [2.05, 4.69) is 10.1 Å². The quantitative estimate of drug-likeness (QED) is 0.750. The predicted molar refractivity (Wildman–Crippen MR) is 57.9 cm³/mol. The molecule has 0 aliphatic carbocycles. The normalized spacial score (nSPS) is 11.9. The first kappa shape index (κ1) is 11.7. The van der Waals surface area contributed by atoms with E-state index in [1.54, 1.807) is 18.4 Å². The van der Waals surface area contributed by atoms with Crippen molar-refractivity contribution in [3.8, 4) is 0 Å².